The number of rotatable bonds is 6. The fraction of sp³-hybridized carbons (Fsp3) is 0.417. The van der Waals surface area contributed by atoms with Gasteiger partial charge in [0.05, 0.1) is 0 Å². The van der Waals surface area contributed by atoms with E-state index >= 15 is 0 Å². The highest BCUT2D eigenvalue weighted by atomic mass is 16.6. The first-order valence-corrected chi connectivity index (χ1v) is 5.63. The first kappa shape index (κ1) is 13.5. The SMILES string of the molecule is NCCN(CCN)C(=O)OCc1ccccc1. The quantitative estimate of drug-likeness (QED) is 0.756. The Hall–Kier alpha value is -1.59. The molecule has 1 rings (SSSR count). The molecule has 0 aliphatic heterocycles. The van der Waals surface area contributed by atoms with Crippen LogP contribution in [0, 0.1) is 0 Å². The van der Waals surface area contributed by atoms with Crippen molar-refractivity contribution in [1.82, 2.24) is 4.90 Å². The van der Waals surface area contributed by atoms with Gasteiger partial charge in [0, 0.05) is 26.2 Å². The number of benzene rings is 1. The number of amides is 1. The van der Waals surface area contributed by atoms with Crippen LogP contribution in [0.5, 0.6) is 0 Å². The molecule has 17 heavy (non-hydrogen) atoms. The summed E-state index contributed by atoms with van der Waals surface area (Å²) >= 11 is 0. The maximum absolute atomic E-state index is 11.7. The Labute approximate surface area is 101 Å². The van der Waals surface area contributed by atoms with E-state index in [2.05, 4.69) is 0 Å². The summed E-state index contributed by atoms with van der Waals surface area (Å²) in [5, 5.41) is 0. The van der Waals surface area contributed by atoms with Gasteiger partial charge in [-0.3, -0.25) is 0 Å². The predicted octanol–water partition coefficient (Wildman–Crippen LogP) is 0.543. The molecule has 0 bridgehead atoms. The molecule has 0 aromatic heterocycles. The van der Waals surface area contributed by atoms with Crippen molar-refractivity contribution >= 4 is 6.09 Å². The Morgan fingerprint density at radius 3 is 2.24 bits per heavy atom. The van der Waals surface area contributed by atoms with E-state index in [-0.39, 0.29) is 12.7 Å². The van der Waals surface area contributed by atoms with Gasteiger partial charge >= 0.3 is 6.09 Å². The molecular weight excluding hydrogens is 218 g/mol. The van der Waals surface area contributed by atoms with E-state index in [0.29, 0.717) is 26.2 Å². The van der Waals surface area contributed by atoms with Crippen LogP contribution in [0.2, 0.25) is 0 Å². The molecule has 0 radical (unpaired) electrons. The molecule has 0 fully saturated rings. The summed E-state index contributed by atoms with van der Waals surface area (Å²) in [6.45, 7) is 2.00. The van der Waals surface area contributed by atoms with Crippen LogP contribution >= 0.6 is 0 Å². The molecule has 5 heteroatoms. The Morgan fingerprint density at radius 1 is 1.12 bits per heavy atom. The smallest absolute Gasteiger partial charge is 0.410 e. The van der Waals surface area contributed by atoms with Crippen molar-refractivity contribution in [3.8, 4) is 0 Å². The van der Waals surface area contributed by atoms with Crippen molar-refractivity contribution in [3.63, 3.8) is 0 Å². The molecule has 1 aromatic carbocycles. The van der Waals surface area contributed by atoms with Gasteiger partial charge in [0.15, 0.2) is 0 Å². The van der Waals surface area contributed by atoms with Crippen LogP contribution in [0.4, 0.5) is 4.79 Å². The van der Waals surface area contributed by atoms with Gasteiger partial charge in [0.25, 0.3) is 0 Å². The number of carbonyl (C=O) groups is 1. The summed E-state index contributed by atoms with van der Waals surface area (Å²) in [5.41, 5.74) is 11.8. The number of nitrogens with zero attached hydrogens (tertiary/aromatic N) is 1. The summed E-state index contributed by atoms with van der Waals surface area (Å²) in [6.07, 6.45) is -0.371. The largest absolute Gasteiger partial charge is 0.445 e. The monoisotopic (exact) mass is 237 g/mol. The lowest BCUT2D eigenvalue weighted by atomic mass is 10.2. The number of ether oxygens (including phenoxy) is 1. The molecule has 0 saturated carbocycles. The van der Waals surface area contributed by atoms with E-state index in [1.807, 2.05) is 30.3 Å². The van der Waals surface area contributed by atoms with E-state index < -0.39 is 0 Å². The van der Waals surface area contributed by atoms with Crippen LogP contribution in [0.3, 0.4) is 0 Å². The molecule has 0 spiro atoms. The fourth-order valence-electron chi connectivity index (χ4n) is 1.42. The molecular formula is C12H19N3O2. The topological polar surface area (TPSA) is 81.6 Å². The van der Waals surface area contributed by atoms with Gasteiger partial charge in [0.1, 0.15) is 6.61 Å². The standard InChI is InChI=1S/C12H19N3O2/c13-6-8-15(9-7-14)12(16)17-10-11-4-2-1-3-5-11/h1-5H,6-10,13-14H2. The first-order chi connectivity index (χ1) is 8.27. The minimum atomic E-state index is -0.371. The Bertz CT molecular complexity index is 324. The van der Waals surface area contributed by atoms with Crippen LogP contribution in [0.25, 0.3) is 0 Å². The van der Waals surface area contributed by atoms with Crippen LogP contribution in [0.1, 0.15) is 5.56 Å². The number of hydrogen-bond acceptors (Lipinski definition) is 4. The van der Waals surface area contributed by atoms with Crippen LogP contribution in [-0.2, 0) is 11.3 Å². The molecule has 5 nitrogen and oxygen atoms in total. The fourth-order valence-corrected chi connectivity index (χ4v) is 1.42. The molecule has 0 unspecified atom stereocenters. The van der Waals surface area contributed by atoms with E-state index in [4.69, 9.17) is 16.2 Å². The molecule has 1 aromatic rings. The van der Waals surface area contributed by atoms with Crippen molar-refractivity contribution in [1.29, 1.82) is 0 Å². The third-order valence-electron chi connectivity index (χ3n) is 2.26. The lowest BCUT2D eigenvalue weighted by molar-refractivity contribution is 0.0981. The van der Waals surface area contributed by atoms with Gasteiger partial charge in [-0.25, -0.2) is 4.79 Å². The van der Waals surface area contributed by atoms with E-state index in [1.165, 1.54) is 4.90 Å². The summed E-state index contributed by atoms with van der Waals surface area (Å²) in [4.78, 5) is 13.2. The zero-order valence-corrected chi connectivity index (χ0v) is 9.84. The predicted molar refractivity (Wildman–Crippen MR) is 66.3 cm³/mol. The number of nitrogens with two attached hydrogens (primary N) is 2. The van der Waals surface area contributed by atoms with Crippen LogP contribution in [-0.4, -0.2) is 37.2 Å². The second kappa shape index (κ2) is 7.65. The summed E-state index contributed by atoms with van der Waals surface area (Å²) < 4.78 is 5.17. The van der Waals surface area contributed by atoms with Gasteiger partial charge < -0.3 is 21.1 Å². The average molecular weight is 237 g/mol. The first-order valence-electron chi connectivity index (χ1n) is 5.63. The second-order valence-electron chi connectivity index (χ2n) is 3.60. The van der Waals surface area contributed by atoms with E-state index in [0.717, 1.165) is 5.56 Å². The van der Waals surface area contributed by atoms with Gasteiger partial charge in [-0.15, -0.1) is 0 Å². The van der Waals surface area contributed by atoms with Crippen molar-refractivity contribution in [3.05, 3.63) is 35.9 Å². The molecule has 0 aliphatic carbocycles. The normalized spacial score (nSPS) is 10.0. The zero-order valence-electron chi connectivity index (χ0n) is 9.84. The minimum absolute atomic E-state index is 0.269. The summed E-state index contributed by atoms with van der Waals surface area (Å²) in [6, 6.07) is 9.54. The lowest BCUT2D eigenvalue weighted by Gasteiger charge is -2.20. The van der Waals surface area contributed by atoms with Crippen molar-refractivity contribution in [2.45, 2.75) is 6.61 Å². The van der Waals surface area contributed by atoms with Gasteiger partial charge in [0.2, 0.25) is 0 Å². The third-order valence-corrected chi connectivity index (χ3v) is 2.26. The average Bonchev–Trinajstić information content (AvgIpc) is 2.37. The zero-order chi connectivity index (χ0) is 12.5. The summed E-state index contributed by atoms with van der Waals surface area (Å²) in [7, 11) is 0. The maximum Gasteiger partial charge on any atom is 0.410 e. The van der Waals surface area contributed by atoms with E-state index in [9.17, 15) is 4.79 Å². The Kier molecular flexibility index (Phi) is 6.06. The molecule has 4 N–H and O–H groups in total. The second-order valence-corrected chi connectivity index (χ2v) is 3.60. The van der Waals surface area contributed by atoms with Crippen molar-refractivity contribution in [2.24, 2.45) is 11.5 Å². The Balaban J connectivity index is 2.41. The van der Waals surface area contributed by atoms with Crippen molar-refractivity contribution in [2.75, 3.05) is 26.2 Å². The molecule has 0 aliphatic rings. The Morgan fingerprint density at radius 2 is 1.71 bits per heavy atom. The molecule has 0 atom stereocenters. The number of hydrogen-bond donors (Lipinski definition) is 2. The van der Waals surface area contributed by atoms with Gasteiger partial charge in [-0.05, 0) is 5.56 Å². The van der Waals surface area contributed by atoms with Gasteiger partial charge in [-0.1, -0.05) is 30.3 Å². The molecule has 0 heterocycles. The third kappa shape index (κ3) is 4.84. The highest BCUT2D eigenvalue weighted by Crippen LogP contribution is 2.02. The van der Waals surface area contributed by atoms with Crippen LogP contribution < -0.4 is 11.5 Å². The lowest BCUT2D eigenvalue weighted by Crippen LogP contribution is -2.39. The maximum atomic E-state index is 11.7. The van der Waals surface area contributed by atoms with Crippen molar-refractivity contribution < 1.29 is 9.53 Å². The minimum Gasteiger partial charge on any atom is -0.445 e. The highest BCUT2D eigenvalue weighted by Gasteiger charge is 2.12. The van der Waals surface area contributed by atoms with E-state index in [1.54, 1.807) is 0 Å². The highest BCUT2D eigenvalue weighted by molar-refractivity contribution is 5.67. The van der Waals surface area contributed by atoms with Crippen LogP contribution in [0.15, 0.2) is 30.3 Å². The molecule has 1 amide bonds. The molecule has 94 valence electrons. The molecule has 0 saturated heterocycles. The van der Waals surface area contributed by atoms with Gasteiger partial charge in [-0.2, -0.15) is 0 Å². The number of carbonyl (C=O) groups excluding carboxylic acids is 1. The summed E-state index contributed by atoms with van der Waals surface area (Å²) in [5.74, 6) is 0.